The molecule has 0 aliphatic heterocycles. The Hall–Kier alpha value is -0.100. The monoisotopic (exact) mass is 392 g/mol. The molecule has 6 heteroatoms. The summed E-state index contributed by atoms with van der Waals surface area (Å²) < 4.78 is 1.57. The van der Waals surface area contributed by atoms with Gasteiger partial charge in [0, 0.05) is 16.0 Å². The molecule has 88 valence electrons. The van der Waals surface area contributed by atoms with Crippen LogP contribution in [-0.2, 0) is 5.75 Å². The van der Waals surface area contributed by atoms with Gasteiger partial charge in [-0.05, 0) is 56.1 Å². The largest absolute Gasteiger partial charge is 0.225 e. The Labute approximate surface area is 125 Å². The summed E-state index contributed by atoms with van der Waals surface area (Å²) in [6.07, 6.45) is 0. The highest BCUT2D eigenvalue weighted by atomic mass is 79.9. The zero-order valence-corrected chi connectivity index (χ0v) is 13.3. The number of benzene rings is 1. The molecule has 0 unspecified atom stereocenters. The molecular formula is C11H7Br2ClN2S. The van der Waals surface area contributed by atoms with Crippen LogP contribution in [0.1, 0.15) is 5.82 Å². The third kappa shape index (κ3) is 4.25. The quantitative estimate of drug-likeness (QED) is 0.544. The zero-order valence-electron chi connectivity index (χ0n) is 8.53. The Morgan fingerprint density at radius 1 is 1.06 bits per heavy atom. The molecule has 1 aromatic heterocycles. The molecule has 2 rings (SSSR count). The second-order valence-electron chi connectivity index (χ2n) is 3.17. The zero-order chi connectivity index (χ0) is 12.3. The Kier molecular flexibility index (Phi) is 4.85. The minimum atomic E-state index is 0.722. The highest BCUT2D eigenvalue weighted by Gasteiger charge is 2.02. The first-order valence-corrected chi connectivity index (χ1v) is 7.66. The molecule has 0 N–H and O–H groups in total. The second-order valence-corrected chi connectivity index (χ2v) is 6.28. The van der Waals surface area contributed by atoms with Crippen LogP contribution in [0, 0.1) is 0 Å². The molecule has 0 aliphatic carbocycles. The number of halogens is 3. The van der Waals surface area contributed by atoms with Crippen molar-refractivity contribution >= 4 is 55.2 Å². The Morgan fingerprint density at radius 3 is 2.24 bits per heavy atom. The van der Waals surface area contributed by atoms with Gasteiger partial charge in [-0.25, -0.2) is 9.97 Å². The summed E-state index contributed by atoms with van der Waals surface area (Å²) in [5.74, 6) is 1.51. The van der Waals surface area contributed by atoms with E-state index in [2.05, 4.69) is 41.8 Å². The topological polar surface area (TPSA) is 25.8 Å². The maximum Gasteiger partial charge on any atom is 0.141 e. The van der Waals surface area contributed by atoms with E-state index in [1.807, 2.05) is 30.3 Å². The fraction of sp³-hybridized carbons (Fsp3) is 0.0909. The predicted molar refractivity (Wildman–Crippen MR) is 78.4 cm³/mol. The van der Waals surface area contributed by atoms with Gasteiger partial charge < -0.3 is 0 Å². The van der Waals surface area contributed by atoms with Crippen LogP contribution in [0.2, 0.25) is 5.02 Å². The van der Waals surface area contributed by atoms with Crippen LogP contribution < -0.4 is 0 Å². The van der Waals surface area contributed by atoms with E-state index in [0.717, 1.165) is 30.7 Å². The van der Waals surface area contributed by atoms with E-state index in [1.54, 1.807) is 11.8 Å². The summed E-state index contributed by atoms with van der Waals surface area (Å²) in [6.45, 7) is 0. The molecule has 1 heterocycles. The first-order valence-electron chi connectivity index (χ1n) is 4.71. The molecule has 0 spiro atoms. The molecule has 0 aliphatic rings. The van der Waals surface area contributed by atoms with E-state index in [0.29, 0.717) is 0 Å². The van der Waals surface area contributed by atoms with Gasteiger partial charge in [0.15, 0.2) is 0 Å². The average molecular weight is 395 g/mol. The Bertz CT molecular complexity index is 499. The lowest BCUT2D eigenvalue weighted by Crippen LogP contribution is -1.93. The van der Waals surface area contributed by atoms with Gasteiger partial charge in [0.05, 0.1) is 5.75 Å². The molecule has 2 aromatic rings. The molecular weight excluding hydrogens is 387 g/mol. The van der Waals surface area contributed by atoms with Crippen molar-refractivity contribution in [2.24, 2.45) is 0 Å². The molecule has 0 saturated heterocycles. The fourth-order valence-corrected chi connectivity index (χ4v) is 3.21. The lowest BCUT2D eigenvalue weighted by Gasteiger charge is -2.02. The highest BCUT2D eigenvalue weighted by molar-refractivity contribution is 9.11. The van der Waals surface area contributed by atoms with Gasteiger partial charge in [-0.1, -0.05) is 11.6 Å². The van der Waals surface area contributed by atoms with Crippen LogP contribution in [0.5, 0.6) is 0 Å². The van der Waals surface area contributed by atoms with E-state index in [9.17, 15) is 0 Å². The standard InChI is InChI=1S/C11H7Br2ClN2S/c12-9-5-10(13)16-11(15-9)6-17-8-3-1-7(14)2-4-8/h1-5H,6H2. The lowest BCUT2D eigenvalue weighted by atomic mass is 10.4. The van der Waals surface area contributed by atoms with Crippen molar-refractivity contribution in [3.8, 4) is 0 Å². The Balaban J connectivity index is 2.04. The van der Waals surface area contributed by atoms with Gasteiger partial charge in [0.1, 0.15) is 15.0 Å². The van der Waals surface area contributed by atoms with Gasteiger partial charge in [0.25, 0.3) is 0 Å². The third-order valence-corrected chi connectivity index (χ3v) is 3.96. The summed E-state index contributed by atoms with van der Waals surface area (Å²) in [6, 6.07) is 9.54. The molecule has 0 radical (unpaired) electrons. The van der Waals surface area contributed by atoms with Crippen molar-refractivity contribution in [2.45, 2.75) is 10.6 Å². The van der Waals surface area contributed by atoms with Crippen LogP contribution in [0.25, 0.3) is 0 Å². The van der Waals surface area contributed by atoms with E-state index in [4.69, 9.17) is 11.6 Å². The second kappa shape index (κ2) is 6.18. The summed E-state index contributed by atoms with van der Waals surface area (Å²) >= 11 is 14.2. The van der Waals surface area contributed by atoms with Crippen LogP contribution in [0.3, 0.4) is 0 Å². The van der Waals surface area contributed by atoms with Crippen LogP contribution in [0.15, 0.2) is 44.4 Å². The fourth-order valence-electron chi connectivity index (χ4n) is 1.18. The van der Waals surface area contributed by atoms with Gasteiger partial charge in [-0.2, -0.15) is 0 Å². The van der Waals surface area contributed by atoms with E-state index >= 15 is 0 Å². The van der Waals surface area contributed by atoms with Crippen molar-refractivity contribution in [1.29, 1.82) is 0 Å². The van der Waals surface area contributed by atoms with Gasteiger partial charge >= 0.3 is 0 Å². The van der Waals surface area contributed by atoms with Crippen molar-refractivity contribution in [3.05, 3.63) is 50.4 Å². The third-order valence-electron chi connectivity index (χ3n) is 1.89. The number of hydrogen-bond acceptors (Lipinski definition) is 3. The van der Waals surface area contributed by atoms with Crippen molar-refractivity contribution in [3.63, 3.8) is 0 Å². The van der Waals surface area contributed by atoms with Crippen molar-refractivity contribution in [1.82, 2.24) is 9.97 Å². The normalized spacial score (nSPS) is 10.5. The van der Waals surface area contributed by atoms with Gasteiger partial charge in [-0.15, -0.1) is 11.8 Å². The first-order chi connectivity index (χ1) is 8.13. The number of aromatic nitrogens is 2. The maximum absolute atomic E-state index is 5.82. The van der Waals surface area contributed by atoms with Crippen LogP contribution >= 0.6 is 55.2 Å². The summed E-state index contributed by atoms with van der Waals surface area (Å²) in [7, 11) is 0. The Morgan fingerprint density at radius 2 is 1.65 bits per heavy atom. The summed E-state index contributed by atoms with van der Waals surface area (Å²) in [5, 5.41) is 0.746. The molecule has 17 heavy (non-hydrogen) atoms. The van der Waals surface area contributed by atoms with Gasteiger partial charge in [0.2, 0.25) is 0 Å². The number of nitrogens with zero attached hydrogens (tertiary/aromatic N) is 2. The average Bonchev–Trinajstić information content (AvgIpc) is 2.27. The molecule has 0 fully saturated rings. The van der Waals surface area contributed by atoms with Crippen LogP contribution in [0.4, 0.5) is 0 Å². The van der Waals surface area contributed by atoms with Crippen molar-refractivity contribution < 1.29 is 0 Å². The first kappa shape index (κ1) is 13.3. The predicted octanol–water partition coefficient (Wildman–Crippen LogP) is 4.95. The van der Waals surface area contributed by atoms with Crippen molar-refractivity contribution in [2.75, 3.05) is 0 Å². The maximum atomic E-state index is 5.82. The molecule has 1 aromatic carbocycles. The van der Waals surface area contributed by atoms with Crippen LogP contribution in [-0.4, -0.2) is 9.97 Å². The molecule has 0 atom stereocenters. The number of rotatable bonds is 3. The highest BCUT2D eigenvalue weighted by Crippen LogP contribution is 2.24. The van der Waals surface area contributed by atoms with E-state index in [-0.39, 0.29) is 0 Å². The summed E-state index contributed by atoms with van der Waals surface area (Å²) in [5.41, 5.74) is 0. The van der Waals surface area contributed by atoms with E-state index in [1.165, 1.54) is 0 Å². The molecule has 0 amide bonds. The van der Waals surface area contributed by atoms with E-state index < -0.39 is 0 Å². The lowest BCUT2D eigenvalue weighted by molar-refractivity contribution is 0.996. The summed E-state index contributed by atoms with van der Waals surface area (Å²) in [4.78, 5) is 9.74. The molecule has 0 saturated carbocycles. The minimum Gasteiger partial charge on any atom is -0.225 e. The number of hydrogen-bond donors (Lipinski definition) is 0. The minimum absolute atomic E-state index is 0.722. The van der Waals surface area contributed by atoms with Gasteiger partial charge in [-0.3, -0.25) is 0 Å². The SMILES string of the molecule is Clc1ccc(SCc2nc(Br)cc(Br)n2)cc1. The molecule has 2 nitrogen and oxygen atoms in total. The molecule has 0 bridgehead atoms. The smallest absolute Gasteiger partial charge is 0.141 e. The number of thioether (sulfide) groups is 1.